The molecule has 112 valence electrons. The van der Waals surface area contributed by atoms with E-state index in [-0.39, 0.29) is 5.75 Å². The van der Waals surface area contributed by atoms with Crippen LogP contribution in [0.25, 0.3) is 0 Å². The van der Waals surface area contributed by atoms with Crippen LogP contribution in [-0.4, -0.2) is 11.5 Å². The topological polar surface area (TPSA) is 48.1 Å². The van der Waals surface area contributed by atoms with Gasteiger partial charge in [-0.3, -0.25) is 4.98 Å². The Morgan fingerprint density at radius 3 is 2.57 bits per heavy atom. The molecule has 0 aliphatic rings. The van der Waals surface area contributed by atoms with E-state index < -0.39 is 11.7 Å². The van der Waals surface area contributed by atoms with Crippen molar-refractivity contribution in [2.75, 3.05) is 6.54 Å². The van der Waals surface area contributed by atoms with E-state index in [1.54, 1.807) is 31.3 Å². The van der Waals surface area contributed by atoms with Gasteiger partial charge in [-0.2, -0.15) is 13.2 Å². The van der Waals surface area contributed by atoms with Crippen molar-refractivity contribution in [1.82, 2.24) is 4.98 Å². The van der Waals surface area contributed by atoms with Crippen LogP contribution in [0.15, 0.2) is 36.5 Å². The number of nitrogens with zero attached hydrogens (tertiary/aromatic N) is 1. The molecule has 0 radical (unpaired) electrons. The summed E-state index contributed by atoms with van der Waals surface area (Å²) >= 11 is 0. The molecule has 2 rings (SSSR count). The molecule has 0 saturated carbocycles. The number of benzene rings is 1. The molecule has 1 aromatic carbocycles. The third-order valence-corrected chi connectivity index (χ3v) is 2.96. The van der Waals surface area contributed by atoms with Crippen molar-refractivity contribution < 1.29 is 17.9 Å². The van der Waals surface area contributed by atoms with E-state index >= 15 is 0 Å². The van der Waals surface area contributed by atoms with Gasteiger partial charge in [-0.1, -0.05) is 6.07 Å². The first-order chi connectivity index (χ1) is 9.91. The molecule has 3 nitrogen and oxygen atoms in total. The average Bonchev–Trinajstić information content (AvgIpc) is 2.42. The molecule has 1 heterocycles. The molecule has 0 spiro atoms. The van der Waals surface area contributed by atoms with Gasteiger partial charge < -0.3 is 10.5 Å². The van der Waals surface area contributed by atoms with Crippen molar-refractivity contribution in [3.05, 3.63) is 53.3 Å². The van der Waals surface area contributed by atoms with Crippen LogP contribution >= 0.6 is 0 Å². The monoisotopic (exact) mass is 296 g/mol. The summed E-state index contributed by atoms with van der Waals surface area (Å²) in [5, 5.41) is 0. The number of aromatic nitrogens is 1. The number of ether oxygens (including phenoxy) is 1. The van der Waals surface area contributed by atoms with Crippen molar-refractivity contribution in [3.8, 4) is 11.5 Å². The molecular weight excluding hydrogens is 281 g/mol. The molecule has 1 aromatic heterocycles. The zero-order valence-corrected chi connectivity index (χ0v) is 11.4. The maximum atomic E-state index is 13.1. The van der Waals surface area contributed by atoms with E-state index in [9.17, 15) is 13.2 Å². The van der Waals surface area contributed by atoms with Crippen LogP contribution in [0, 0.1) is 6.92 Å². The van der Waals surface area contributed by atoms with Gasteiger partial charge in [0.25, 0.3) is 0 Å². The van der Waals surface area contributed by atoms with Crippen LogP contribution in [0.2, 0.25) is 0 Å². The van der Waals surface area contributed by atoms with Crippen LogP contribution in [0.4, 0.5) is 13.2 Å². The SMILES string of the molecule is Cc1ncccc1Oc1ccc(CCN)cc1C(F)(F)F. The molecule has 2 N–H and O–H groups in total. The second-order valence-corrected chi connectivity index (χ2v) is 4.56. The minimum absolute atomic E-state index is 0.237. The maximum Gasteiger partial charge on any atom is 0.419 e. The second kappa shape index (κ2) is 6.13. The fraction of sp³-hybridized carbons (Fsp3) is 0.267. The Morgan fingerprint density at radius 1 is 1.19 bits per heavy atom. The van der Waals surface area contributed by atoms with Gasteiger partial charge in [0.15, 0.2) is 0 Å². The van der Waals surface area contributed by atoms with Gasteiger partial charge >= 0.3 is 6.18 Å². The lowest BCUT2D eigenvalue weighted by atomic mass is 10.1. The average molecular weight is 296 g/mol. The van der Waals surface area contributed by atoms with E-state index in [0.29, 0.717) is 30.0 Å². The normalized spacial score (nSPS) is 11.5. The highest BCUT2D eigenvalue weighted by Gasteiger charge is 2.35. The lowest BCUT2D eigenvalue weighted by Gasteiger charge is -2.15. The van der Waals surface area contributed by atoms with Crippen molar-refractivity contribution in [1.29, 1.82) is 0 Å². The van der Waals surface area contributed by atoms with Crippen LogP contribution in [-0.2, 0) is 12.6 Å². The number of aryl methyl sites for hydroxylation is 1. The predicted molar refractivity (Wildman–Crippen MR) is 73.3 cm³/mol. The van der Waals surface area contributed by atoms with E-state index in [4.69, 9.17) is 10.5 Å². The van der Waals surface area contributed by atoms with Crippen LogP contribution < -0.4 is 10.5 Å². The Hall–Kier alpha value is -2.08. The van der Waals surface area contributed by atoms with Gasteiger partial charge in [-0.25, -0.2) is 0 Å². The Balaban J connectivity index is 2.41. The number of alkyl halides is 3. The number of hydrogen-bond donors (Lipinski definition) is 1. The molecular formula is C15H15F3N2O. The van der Waals surface area contributed by atoms with Crippen molar-refractivity contribution >= 4 is 0 Å². The summed E-state index contributed by atoms with van der Waals surface area (Å²) in [5.74, 6) is 0.0638. The maximum absolute atomic E-state index is 13.1. The highest BCUT2D eigenvalue weighted by atomic mass is 19.4. The summed E-state index contributed by atoms with van der Waals surface area (Å²) in [6, 6.07) is 7.17. The minimum atomic E-state index is -4.49. The fourth-order valence-corrected chi connectivity index (χ4v) is 1.91. The number of hydrogen-bond acceptors (Lipinski definition) is 3. The first kappa shape index (κ1) is 15.3. The Morgan fingerprint density at radius 2 is 1.95 bits per heavy atom. The first-order valence-electron chi connectivity index (χ1n) is 6.41. The fourth-order valence-electron chi connectivity index (χ4n) is 1.91. The third-order valence-electron chi connectivity index (χ3n) is 2.96. The quantitative estimate of drug-likeness (QED) is 0.935. The van der Waals surface area contributed by atoms with E-state index in [1.807, 2.05) is 0 Å². The standard InChI is InChI=1S/C15H15F3N2O/c1-10-13(3-2-8-20-10)21-14-5-4-11(6-7-19)9-12(14)15(16,17)18/h2-5,8-9H,6-7,19H2,1H3. The Labute approximate surface area is 120 Å². The van der Waals surface area contributed by atoms with Gasteiger partial charge in [0.05, 0.1) is 11.3 Å². The van der Waals surface area contributed by atoms with E-state index in [2.05, 4.69) is 4.98 Å². The van der Waals surface area contributed by atoms with Gasteiger partial charge in [-0.05, 0) is 49.7 Å². The highest BCUT2D eigenvalue weighted by Crippen LogP contribution is 2.39. The highest BCUT2D eigenvalue weighted by molar-refractivity contribution is 5.43. The molecule has 0 aliphatic heterocycles. The molecule has 0 atom stereocenters. The number of pyridine rings is 1. The molecule has 0 aliphatic carbocycles. The number of halogens is 3. The van der Waals surface area contributed by atoms with Crippen molar-refractivity contribution in [2.45, 2.75) is 19.5 Å². The van der Waals surface area contributed by atoms with Crippen molar-refractivity contribution in [2.24, 2.45) is 5.73 Å². The zero-order chi connectivity index (χ0) is 15.5. The van der Waals surface area contributed by atoms with E-state index in [0.717, 1.165) is 6.07 Å². The minimum Gasteiger partial charge on any atom is -0.455 e. The zero-order valence-electron chi connectivity index (χ0n) is 11.4. The van der Waals surface area contributed by atoms with Crippen LogP contribution in [0.1, 0.15) is 16.8 Å². The van der Waals surface area contributed by atoms with Crippen LogP contribution in [0.3, 0.4) is 0 Å². The first-order valence-corrected chi connectivity index (χ1v) is 6.41. The molecule has 0 amide bonds. The Bertz CT molecular complexity index is 627. The number of rotatable bonds is 4. The summed E-state index contributed by atoms with van der Waals surface area (Å²) < 4.78 is 44.8. The number of nitrogens with two attached hydrogens (primary N) is 1. The molecule has 0 fully saturated rings. The summed E-state index contributed by atoms with van der Waals surface area (Å²) in [6.07, 6.45) is -2.55. The predicted octanol–water partition coefficient (Wildman–Crippen LogP) is 3.70. The second-order valence-electron chi connectivity index (χ2n) is 4.56. The van der Waals surface area contributed by atoms with Crippen molar-refractivity contribution in [3.63, 3.8) is 0 Å². The molecule has 0 unspecified atom stereocenters. The van der Waals surface area contributed by atoms with Gasteiger partial charge in [0.2, 0.25) is 0 Å². The Kier molecular flexibility index (Phi) is 4.47. The van der Waals surface area contributed by atoms with Gasteiger partial charge in [-0.15, -0.1) is 0 Å². The van der Waals surface area contributed by atoms with E-state index in [1.165, 1.54) is 6.07 Å². The third kappa shape index (κ3) is 3.72. The van der Waals surface area contributed by atoms with Gasteiger partial charge in [0, 0.05) is 6.20 Å². The molecule has 2 aromatic rings. The molecule has 21 heavy (non-hydrogen) atoms. The largest absolute Gasteiger partial charge is 0.455 e. The molecule has 0 saturated heterocycles. The molecule has 0 bridgehead atoms. The smallest absolute Gasteiger partial charge is 0.419 e. The summed E-state index contributed by atoms with van der Waals surface area (Å²) in [6.45, 7) is 1.96. The summed E-state index contributed by atoms with van der Waals surface area (Å²) in [5.41, 5.74) is 5.62. The van der Waals surface area contributed by atoms with Crippen LogP contribution in [0.5, 0.6) is 11.5 Å². The van der Waals surface area contributed by atoms with Gasteiger partial charge in [0.1, 0.15) is 11.5 Å². The summed E-state index contributed by atoms with van der Waals surface area (Å²) in [7, 11) is 0. The molecule has 6 heteroatoms. The summed E-state index contributed by atoms with van der Waals surface area (Å²) in [4.78, 5) is 3.99. The lowest BCUT2D eigenvalue weighted by Crippen LogP contribution is -2.10. The lowest BCUT2D eigenvalue weighted by molar-refractivity contribution is -0.138.